The number of nitrogens with zero attached hydrogens (tertiary/aromatic N) is 3. The molecule has 1 atom stereocenters. The molecule has 1 fully saturated rings. The number of hydrogen-bond acceptors (Lipinski definition) is 4. The predicted octanol–water partition coefficient (Wildman–Crippen LogP) is 2.94. The lowest BCUT2D eigenvalue weighted by Crippen LogP contribution is -2.45. The molecule has 1 N–H and O–H groups in total. The number of morpholine rings is 1. The molecule has 0 unspecified atom stereocenters. The van der Waals surface area contributed by atoms with E-state index in [1.54, 1.807) is 35.4 Å². The second-order valence-corrected chi connectivity index (χ2v) is 7.85. The van der Waals surface area contributed by atoms with Crippen LogP contribution < -0.4 is 5.32 Å². The van der Waals surface area contributed by atoms with Crippen molar-refractivity contribution >= 4 is 29.1 Å². The minimum Gasteiger partial charge on any atom is -0.374 e. The quantitative estimate of drug-likeness (QED) is 0.671. The summed E-state index contributed by atoms with van der Waals surface area (Å²) in [6.45, 7) is 2.98. The number of hydrogen-bond donors (Lipinski definition) is 1. The number of fused-ring (bicyclic) bond motifs is 1. The Morgan fingerprint density at radius 2 is 2.13 bits per heavy atom. The molecule has 0 radical (unpaired) electrons. The first-order chi connectivity index (χ1) is 14.9. The number of carbonyl (C=O) groups is 2. The normalized spacial score (nSPS) is 16.5. The van der Waals surface area contributed by atoms with E-state index < -0.39 is 5.82 Å². The van der Waals surface area contributed by atoms with E-state index in [1.165, 1.54) is 20.0 Å². The maximum atomic E-state index is 15.0. The first-order valence-electron chi connectivity index (χ1n) is 9.93. The highest BCUT2D eigenvalue weighted by Crippen LogP contribution is 2.30. The lowest BCUT2D eigenvalue weighted by Gasteiger charge is -2.32. The van der Waals surface area contributed by atoms with Crippen LogP contribution >= 0.6 is 11.6 Å². The molecular formula is C22H22ClFN4O3. The smallest absolute Gasteiger partial charge is 0.251 e. The minimum atomic E-state index is -0.549. The van der Waals surface area contributed by atoms with E-state index in [0.717, 1.165) is 5.69 Å². The van der Waals surface area contributed by atoms with Crippen molar-refractivity contribution in [3.8, 4) is 11.3 Å². The van der Waals surface area contributed by atoms with Gasteiger partial charge in [-0.2, -0.15) is 0 Å². The van der Waals surface area contributed by atoms with Gasteiger partial charge in [-0.1, -0.05) is 11.6 Å². The van der Waals surface area contributed by atoms with Crippen molar-refractivity contribution in [3.63, 3.8) is 0 Å². The number of ether oxygens (including phenoxy) is 1. The van der Waals surface area contributed by atoms with Gasteiger partial charge >= 0.3 is 0 Å². The molecular weight excluding hydrogens is 423 g/mol. The predicted molar refractivity (Wildman–Crippen MR) is 115 cm³/mol. The van der Waals surface area contributed by atoms with Gasteiger partial charge in [0.25, 0.3) is 5.91 Å². The van der Waals surface area contributed by atoms with Gasteiger partial charge in [-0.25, -0.2) is 9.37 Å². The monoisotopic (exact) mass is 444 g/mol. The summed E-state index contributed by atoms with van der Waals surface area (Å²) in [5, 5.41) is 3.00. The number of halogens is 2. The topological polar surface area (TPSA) is 75.9 Å². The average molecular weight is 445 g/mol. The molecule has 3 heterocycles. The molecule has 31 heavy (non-hydrogen) atoms. The van der Waals surface area contributed by atoms with Crippen LogP contribution in [0.3, 0.4) is 0 Å². The lowest BCUT2D eigenvalue weighted by atomic mass is 10.0. The van der Waals surface area contributed by atoms with Crippen molar-refractivity contribution in [2.45, 2.75) is 19.4 Å². The molecule has 162 valence electrons. The molecule has 2 amide bonds. The van der Waals surface area contributed by atoms with Gasteiger partial charge in [0.15, 0.2) is 0 Å². The maximum Gasteiger partial charge on any atom is 0.251 e. The fourth-order valence-electron chi connectivity index (χ4n) is 3.82. The van der Waals surface area contributed by atoms with Crippen LogP contribution in [0.15, 0.2) is 36.5 Å². The van der Waals surface area contributed by atoms with E-state index in [-0.39, 0.29) is 29.0 Å². The zero-order valence-electron chi connectivity index (χ0n) is 17.2. The first-order valence-corrected chi connectivity index (χ1v) is 10.3. The fraction of sp³-hybridized carbons (Fsp3) is 0.318. The van der Waals surface area contributed by atoms with Gasteiger partial charge in [0, 0.05) is 61.9 Å². The minimum absolute atomic E-state index is 0.00529. The van der Waals surface area contributed by atoms with Gasteiger partial charge in [0.1, 0.15) is 11.5 Å². The van der Waals surface area contributed by atoms with Crippen LogP contribution in [0.1, 0.15) is 23.0 Å². The Balaban J connectivity index is 1.77. The molecule has 0 bridgehead atoms. The molecule has 0 saturated carbocycles. The summed E-state index contributed by atoms with van der Waals surface area (Å²) in [6.07, 6.45) is 1.96. The summed E-state index contributed by atoms with van der Waals surface area (Å²) >= 11 is 6.13. The fourth-order valence-corrected chi connectivity index (χ4v) is 3.97. The molecule has 0 spiro atoms. The van der Waals surface area contributed by atoms with Gasteiger partial charge in [-0.3, -0.25) is 9.59 Å². The van der Waals surface area contributed by atoms with Crippen LogP contribution in [0.4, 0.5) is 4.39 Å². The van der Waals surface area contributed by atoms with Gasteiger partial charge in [-0.15, -0.1) is 0 Å². The number of imidazole rings is 1. The van der Waals surface area contributed by atoms with Crippen LogP contribution in [-0.4, -0.2) is 58.9 Å². The Morgan fingerprint density at radius 1 is 1.32 bits per heavy atom. The van der Waals surface area contributed by atoms with Gasteiger partial charge in [0.2, 0.25) is 5.91 Å². The third kappa shape index (κ3) is 4.26. The number of rotatable bonds is 4. The zero-order chi connectivity index (χ0) is 22.1. The highest BCUT2D eigenvalue weighted by atomic mass is 35.5. The highest BCUT2D eigenvalue weighted by molar-refractivity contribution is 6.30. The van der Waals surface area contributed by atoms with Gasteiger partial charge < -0.3 is 19.4 Å². The lowest BCUT2D eigenvalue weighted by molar-refractivity contribution is -0.136. The summed E-state index contributed by atoms with van der Waals surface area (Å²) in [4.78, 5) is 30.0. The Bertz CT molecular complexity index is 1160. The Hall–Kier alpha value is -2.97. The molecule has 3 aromatic rings. The molecule has 7 nitrogen and oxygen atoms in total. The van der Waals surface area contributed by atoms with E-state index in [9.17, 15) is 9.59 Å². The highest BCUT2D eigenvalue weighted by Gasteiger charge is 2.26. The number of carbonyl (C=O) groups excluding carboxylic acids is 2. The molecule has 2 aromatic heterocycles. The first kappa shape index (κ1) is 21.3. The average Bonchev–Trinajstić information content (AvgIpc) is 3.10. The molecule has 1 saturated heterocycles. The number of aromatic nitrogens is 2. The van der Waals surface area contributed by atoms with Crippen LogP contribution in [0.2, 0.25) is 5.02 Å². The van der Waals surface area contributed by atoms with E-state index in [4.69, 9.17) is 16.3 Å². The second-order valence-electron chi connectivity index (χ2n) is 7.42. The number of amides is 2. The zero-order valence-corrected chi connectivity index (χ0v) is 17.9. The SMILES string of the molecule is CNC(=O)c1ccc(-c2nc3cc(Cl)ccn3c2C[C@H]2CN(C(C)=O)CCO2)c(F)c1. The van der Waals surface area contributed by atoms with Crippen molar-refractivity contribution in [1.29, 1.82) is 0 Å². The van der Waals surface area contributed by atoms with Crippen molar-refractivity contribution < 1.29 is 18.7 Å². The molecule has 4 rings (SSSR count). The van der Waals surface area contributed by atoms with Crippen molar-refractivity contribution in [2.24, 2.45) is 0 Å². The maximum absolute atomic E-state index is 15.0. The van der Waals surface area contributed by atoms with E-state index in [1.807, 2.05) is 4.40 Å². The van der Waals surface area contributed by atoms with Crippen molar-refractivity contribution in [3.05, 3.63) is 58.6 Å². The third-order valence-electron chi connectivity index (χ3n) is 5.41. The standard InChI is InChI=1S/C22H22ClFN4O3/c1-13(29)27-7-8-31-16(12-27)11-19-21(26-20-10-15(23)5-6-28(19)20)17-4-3-14(9-18(17)24)22(30)25-2/h3-6,9-10,16H,7-8,11-12H2,1-2H3,(H,25,30)/t16-/m0/s1. The largest absolute Gasteiger partial charge is 0.374 e. The van der Waals surface area contributed by atoms with Gasteiger partial charge in [-0.05, 0) is 24.3 Å². The molecule has 1 aliphatic heterocycles. The summed E-state index contributed by atoms with van der Waals surface area (Å²) in [5.74, 6) is -0.923. The summed E-state index contributed by atoms with van der Waals surface area (Å²) in [5.41, 5.74) is 2.28. The van der Waals surface area contributed by atoms with E-state index >= 15 is 4.39 Å². The van der Waals surface area contributed by atoms with Crippen LogP contribution in [0.5, 0.6) is 0 Å². The van der Waals surface area contributed by atoms with Crippen molar-refractivity contribution in [2.75, 3.05) is 26.7 Å². The third-order valence-corrected chi connectivity index (χ3v) is 5.64. The Labute approximate surface area is 183 Å². The summed E-state index contributed by atoms with van der Waals surface area (Å²) in [6, 6.07) is 7.75. The van der Waals surface area contributed by atoms with E-state index in [2.05, 4.69) is 10.3 Å². The summed E-state index contributed by atoms with van der Waals surface area (Å²) in [7, 11) is 1.49. The Kier molecular flexibility index (Phi) is 5.93. The van der Waals surface area contributed by atoms with Crippen LogP contribution in [-0.2, 0) is 16.0 Å². The Morgan fingerprint density at radius 3 is 2.84 bits per heavy atom. The molecule has 1 aliphatic rings. The number of pyridine rings is 1. The van der Waals surface area contributed by atoms with Crippen LogP contribution in [0, 0.1) is 5.82 Å². The second kappa shape index (κ2) is 8.64. The number of benzene rings is 1. The molecule has 9 heteroatoms. The molecule has 0 aliphatic carbocycles. The molecule has 1 aromatic carbocycles. The summed E-state index contributed by atoms with van der Waals surface area (Å²) < 4.78 is 22.8. The van der Waals surface area contributed by atoms with E-state index in [0.29, 0.717) is 42.5 Å². The van der Waals surface area contributed by atoms with Gasteiger partial charge in [0.05, 0.1) is 24.1 Å². The number of nitrogens with one attached hydrogen (secondary N) is 1. The van der Waals surface area contributed by atoms with Crippen molar-refractivity contribution in [1.82, 2.24) is 19.6 Å². The van der Waals surface area contributed by atoms with Crippen LogP contribution in [0.25, 0.3) is 16.9 Å².